The lowest BCUT2D eigenvalue weighted by Crippen LogP contribution is -2.13. The van der Waals surface area contributed by atoms with Crippen LogP contribution in [0.25, 0.3) is 11.0 Å². The van der Waals surface area contributed by atoms with Crippen molar-refractivity contribution >= 4 is 16.9 Å². The minimum atomic E-state index is 0.346. The van der Waals surface area contributed by atoms with E-state index in [0.717, 1.165) is 29.1 Å². The first-order valence-electron chi connectivity index (χ1n) is 5.80. The highest BCUT2D eigenvalue weighted by atomic mass is 16.5. The SMILES string of the molecule is COCCc1nc(NC(C)C)c2cc[nH]c2n1. The van der Waals surface area contributed by atoms with Crippen molar-refractivity contribution in [2.45, 2.75) is 26.3 Å². The molecule has 0 bridgehead atoms. The molecule has 2 heterocycles. The minimum Gasteiger partial charge on any atom is -0.384 e. The maximum absolute atomic E-state index is 5.05. The van der Waals surface area contributed by atoms with Crippen LogP contribution in [-0.2, 0) is 11.2 Å². The molecule has 0 spiro atoms. The average molecular weight is 234 g/mol. The van der Waals surface area contributed by atoms with Crippen LogP contribution in [0.5, 0.6) is 0 Å². The molecule has 0 saturated carbocycles. The fourth-order valence-electron chi connectivity index (χ4n) is 1.68. The second-order valence-corrected chi connectivity index (χ2v) is 4.27. The molecular weight excluding hydrogens is 216 g/mol. The van der Waals surface area contributed by atoms with Crippen LogP contribution < -0.4 is 5.32 Å². The van der Waals surface area contributed by atoms with Gasteiger partial charge in [-0.05, 0) is 19.9 Å². The molecule has 0 aliphatic heterocycles. The summed E-state index contributed by atoms with van der Waals surface area (Å²) in [5.41, 5.74) is 0.870. The first kappa shape index (κ1) is 11.9. The highest BCUT2D eigenvalue weighted by Crippen LogP contribution is 2.20. The summed E-state index contributed by atoms with van der Waals surface area (Å²) in [6.45, 7) is 4.82. The first-order valence-corrected chi connectivity index (χ1v) is 5.80. The van der Waals surface area contributed by atoms with E-state index in [0.29, 0.717) is 12.6 Å². The van der Waals surface area contributed by atoms with Gasteiger partial charge in [0.15, 0.2) is 0 Å². The van der Waals surface area contributed by atoms with Crippen LogP contribution >= 0.6 is 0 Å². The van der Waals surface area contributed by atoms with E-state index < -0.39 is 0 Å². The van der Waals surface area contributed by atoms with Gasteiger partial charge in [0.05, 0.1) is 12.0 Å². The van der Waals surface area contributed by atoms with Crippen LogP contribution in [0, 0.1) is 0 Å². The van der Waals surface area contributed by atoms with Gasteiger partial charge in [-0.1, -0.05) is 0 Å². The van der Waals surface area contributed by atoms with E-state index in [1.807, 2.05) is 12.3 Å². The van der Waals surface area contributed by atoms with Gasteiger partial charge in [-0.15, -0.1) is 0 Å². The average Bonchev–Trinajstić information content (AvgIpc) is 2.73. The standard InChI is InChI=1S/C12H18N4O/c1-8(2)14-12-9-4-6-13-11(9)15-10(16-12)5-7-17-3/h4,6,8H,5,7H2,1-3H3,(H2,13,14,15,16). The second kappa shape index (κ2) is 5.14. The van der Waals surface area contributed by atoms with Crippen molar-refractivity contribution in [2.24, 2.45) is 0 Å². The molecule has 0 aliphatic carbocycles. The molecule has 0 radical (unpaired) electrons. The van der Waals surface area contributed by atoms with E-state index in [-0.39, 0.29) is 0 Å². The number of aromatic amines is 1. The lowest BCUT2D eigenvalue weighted by Gasteiger charge is -2.11. The third-order valence-electron chi connectivity index (χ3n) is 2.42. The zero-order chi connectivity index (χ0) is 12.3. The molecule has 2 aromatic heterocycles. The number of methoxy groups -OCH3 is 1. The minimum absolute atomic E-state index is 0.346. The molecule has 17 heavy (non-hydrogen) atoms. The molecule has 0 aromatic carbocycles. The van der Waals surface area contributed by atoms with Crippen molar-refractivity contribution in [2.75, 3.05) is 19.0 Å². The smallest absolute Gasteiger partial charge is 0.143 e. The highest BCUT2D eigenvalue weighted by molar-refractivity contribution is 5.87. The molecule has 2 aromatic rings. The van der Waals surface area contributed by atoms with Crippen LogP contribution in [0.15, 0.2) is 12.3 Å². The van der Waals surface area contributed by atoms with E-state index in [1.54, 1.807) is 7.11 Å². The molecular formula is C12H18N4O. The van der Waals surface area contributed by atoms with E-state index in [1.165, 1.54) is 0 Å². The number of H-pyrrole nitrogens is 1. The Morgan fingerprint density at radius 1 is 1.41 bits per heavy atom. The Morgan fingerprint density at radius 3 is 2.94 bits per heavy atom. The fraction of sp³-hybridized carbons (Fsp3) is 0.500. The Kier molecular flexibility index (Phi) is 3.58. The summed E-state index contributed by atoms with van der Waals surface area (Å²) in [7, 11) is 1.68. The van der Waals surface area contributed by atoms with Crippen molar-refractivity contribution in [1.82, 2.24) is 15.0 Å². The Morgan fingerprint density at radius 2 is 2.24 bits per heavy atom. The van der Waals surface area contributed by atoms with Gasteiger partial charge in [0.2, 0.25) is 0 Å². The third-order valence-corrected chi connectivity index (χ3v) is 2.42. The summed E-state index contributed by atoms with van der Waals surface area (Å²) in [6, 6.07) is 2.33. The van der Waals surface area contributed by atoms with Gasteiger partial charge in [-0.2, -0.15) is 0 Å². The lowest BCUT2D eigenvalue weighted by atomic mass is 10.3. The summed E-state index contributed by atoms with van der Waals surface area (Å²) < 4.78 is 5.05. The molecule has 5 nitrogen and oxygen atoms in total. The monoisotopic (exact) mass is 234 g/mol. The summed E-state index contributed by atoms with van der Waals surface area (Å²) in [6.07, 6.45) is 2.60. The predicted molar refractivity (Wildman–Crippen MR) is 68.2 cm³/mol. The number of hydrogen-bond acceptors (Lipinski definition) is 4. The summed E-state index contributed by atoms with van der Waals surface area (Å²) in [5, 5.41) is 4.37. The van der Waals surface area contributed by atoms with Crippen molar-refractivity contribution in [3.05, 3.63) is 18.1 Å². The van der Waals surface area contributed by atoms with E-state index in [2.05, 4.69) is 34.1 Å². The molecule has 0 amide bonds. The Hall–Kier alpha value is -1.62. The summed E-state index contributed by atoms with van der Waals surface area (Å²) >= 11 is 0. The zero-order valence-corrected chi connectivity index (χ0v) is 10.4. The number of aromatic nitrogens is 3. The first-order chi connectivity index (χ1) is 8.20. The topological polar surface area (TPSA) is 62.8 Å². The molecule has 2 N–H and O–H groups in total. The van der Waals surface area contributed by atoms with Crippen LogP contribution in [0.3, 0.4) is 0 Å². The van der Waals surface area contributed by atoms with E-state index >= 15 is 0 Å². The van der Waals surface area contributed by atoms with Gasteiger partial charge in [0.25, 0.3) is 0 Å². The molecule has 2 rings (SSSR count). The normalized spacial score (nSPS) is 11.3. The van der Waals surface area contributed by atoms with Crippen LogP contribution in [0.4, 0.5) is 5.82 Å². The van der Waals surface area contributed by atoms with Gasteiger partial charge in [0.1, 0.15) is 17.3 Å². The highest BCUT2D eigenvalue weighted by Gasteiger charge is 2.09. The fourth-order valence-corrected chi connectivity index (χ4v) is 1.68. The Bertz CT molecular complexity index is 492. The number of rotatable bonds is 5. The van der Waals surface area contributed by atoms with Crippen LogP contribution in [0.1, 0.15) is 19.7 Å². The largest absolute Gasteiger partial charge is 0.384 e. The summed E-state index contributed by atoms with van der Waals surface area (Å²) in [4.78, 5) is 12.1. The van der Waals surface area contributed by atoms with Crippen molar-refractivity contribution in [3.63, 3.8) is 0 Å². The number of ether oxygens (including phenoxy) is 1. The van der Waals surface area contributed by atoms with Crippen molar-refractivity contribution < 1.29 is 4.74 Å². The second-order valence-electron chi connectivity index (χ2n) is 4.27. The van der Waals surface area contributed by atoms with Gasteiger partial charge in [-0.3, -0.25) is 0 Å². The van der Waals surface area contributed by atoms with Gasteiger partial charge >= 0.3 is 0 Å². The number of nitrogens with one attached hydrogen (secondary N) is 2. The predicted octanol–water partition coefficient (Wildman–Crippen LogP) is 1.97. The Labute approximate surface area is 101 Å². The van der Waals surface area contributed by atoms with Gasteiger partial charge in [0, 0.05) is 25.8 Å². The maximum atomic E-state index is 5.05. The molecule has 92 valence electrons. The maximum Gasteiger partial charge on any atom is 0.143 e. The number of hydrogen-bond donors (Lipinski definition) is 2. The van der Waals surface area contributed by atoms with Gasteiger partial charge in [-0.25, -0.2) is 9.97 Å². The summed E-state index contributed by atoms with van der Waals surface area (Å²) in [5.74, 6) is 1.68. The molecule has 0 atom stereocenters. The van der Waals surface area contributed by atoms with Crippen LogP contribution in [0.2, 0.25) is 0 Å². The molecule has 0 aliphatic rings. The number of nitrogens with zero attached hydrogens (tertiary/aromatic N) is 2. The lowest BCUT2D eigenvalue weighted by molar-refractivity contribution is 0.200. The van der Waals surface area contributed by atoms with Crippen molar-refractivity contribution in [1.29, 1.82) is 0 Å². The Balaban J connectivity index is 2.36. The molecule has 0 unspecified atom stereocenters. The molecule has 0 saturated heterocycles. The zero-order valence-electron chi connectivity index (χ0n) is 10.4. The van der Waals surface area contributed by atoms with E-state index in [4.69, 9.17) is 4.74 Å². The van der Waals surface area contributed by atoms with Crippen molar-refractivity contribution in [3.8, 4) is 0 Å². The third kappa shape index (κ3) is 2.74. The molecule has 5 heteroatoms. The number of fused-ring (bicyclic) bond motifs is 1. The van der Waals surface area contributed by atoms with E-state index in [9.17, 15) is 0 Å². The molecule has 0 fully saturated rings. The van der Waals surface area contributed by atoms with Crippen LogP contribution in [-0.4, -0.2) is 34.7 Å². The number of anilines is 1. The quantitative estimate of drug-likeness (QED) is 0.830. The van der Waals surface area contributed by atoms with Gasteiger partial charge < -0.3 is 15.0 Å².